The Morgan fingerprint density at radius 3 is 2.89 bits per heavy atom. The van der Waals surface area contributed by atoms with E-state index in [0.717, 1.165) is 22.3 Å². The minimum atomic E-state index is 0.107. The van der Waals surface area contributed by atoms with Gasteiger partial charge in [0.1, 0.15) is 12.4 Å². The van der Waals surface area contributed by atoms with Crippen LogP contribution in [0.3, 0.4) is 0 Å². The summed E-state index contributed by atoms with van der Waals surface area (Å²) in [6, 6.07) is 6.34. The van der Waals surface area contributed by atoms with E-state index in [1.807, 2.05) is 13.0 Å². The molecule has 1 atom stereocenters. The first-order valence-corrected chi connectivity index (χ1v) is 7.13. The zero-order valence-electron chi connectivity index (χ0n) is 11.1. The van der Waals surface area contributed by atoms with Crippen molar-refractivity contribution in [3.05, 3.63) is 40.4 Å². The van der Waals surface area contributed by atoms with Gasteiger partial charge in [-0.2, -0.15) is 0 Å². The molecule has 1 unspecified atom stereocenters. The molecule has 1 aliphatic heterocycles. The summed E-state index contributed by atoms with van der Waals surface area (Å²) in [5.74, 6) is 0.878. The summed E-state index contributed by atoms with van der Waals surface area (Å²) in [4.78, 5) is 0. The normalized spacial score (nSPS) is 23.1. The molecule has 2 nitrogen and oxygen atoms in total. The summed E-state index contributed by atoms with van der Waals surface area (Å²) in [6.45, 7) is 9.73. The smallest absolute Gasteiger partial charge is 0.133 e. The number of rotatable bonds is 4. The Bertz CT molecular complexity index is 450. The van der Waals surface area contributed by atoms with Gasteiger partial charge in [0.15, 0.2) is 0 Å². The zero-order chi connectivity index (χ0) is 13.2. The standard InChI is InChI=1S/C15H20BrNO/c1-11(2)10-18-14-6-5-12(9-13(14)16)15(3)7-4-8-17-15/h5-6,9,17H,1,4,7-8,10H2,2-3H3. The van der Waals surface area contributed by atoms with Gasteiger partial charge in [-0.25, -0.2) is 0 Å². The van der Waals surface area contributed by atoms with Gasteiger partial charge in [-0.05, 0) is 72.4 Å². The van der Waals surface area contributed by atoms with Crippen LogP contribution in [-0.2, 0) is 5.54 Å². The van der Waals surface area contributed by atoms with Gasteiger partial charge in [0, 0.05) is 5.54 Å². The third-order valence-corrected chi connectivity index (χ3v) is 4.03. The number of ether oxygens (including phenoxy) is 1. The third kappa shape index (κ3) is 2.96. The van der Waals surface area contributed by atoms with Gasteiger partial charge in [0.2, 0.25) is 0 Å². The van der Waals surface area contributed by atoms with Crippen LogP contribution < -0.4 is 10.1 Å². The lowest BCUT2D eigenvalue weighted by molar-refractivity contribution is 0.349. The van der Waals surface area contributed by atoms with E-state index in [-0.39, 0.29) is 5.54 Å². The number of nitrogens with one attached hydrogen (secondary N) is 1. The van der Waals surface area contributed by atoms with E-state index >= 15 is 0 Å². The molecule has 18 heavy (non-hydrogen) atoms. The lowest BCUT2D eigenvalue weighted by Gasteiger charge is -2.25. The molecule has 0 spiro atoms. The maximum Gasteiger partial charge on any atom is 0.133 e. The maximum atomic E-state index is 5.68. The van der Waals surface area contributed by atoms with Crippen LogP contribution in [0.5, 0.6) is 5.75 Å². The number of hydrogen-bond acceptors (Lipinski definition) is 2. The van der Waals surface area contributed by atoms with Gasteiger partial charge in [-0.15, -0.1) is 0 Å². The Morgan fingerprint density at radius 2 is 2.33 bits per heavy atom. The first kappa shape index (κ1) is 13.6. The molecule has 1 fully saturated rings. The second-order valence-corrected chi connectivity index (χ2v) is 6.11. The molecule has 1 heterocycles. The Balaban J connectivity index is 2.16. The second-order valence-electron chi connectivity index (χ2n) is 5.25. The maximum absolute atomic E-state index is 5.68. The molecule has 3 heteroatoms. The number of hydrogen-bond donors (Lipinski definition) is 1. The Kier molecular flexibility index (Phi) is 4.13. The van der Waals surface area contributed by atoms with Crippen LogP contribution in [-0.4, -0.2) is 13.2 Å². The fourth-order valence-electron chi connectivity index (χ4n) is 2.30. The molecular weight excluding hydrogens is 290 g/mol. The van der Waals surface area contributed by atoms with E-state index in [2.05, 4.69) is 46.9 Å². The number of halogens is 1. The topological polar surface area (TPSA) is 21.3 Å². The Hall–Kier alpha value is -0.800. The zero-order valence-corrected chi connectivity index (χ0v) is 12.6. The molecule has 0 bridgehead atoms. The van der Waals surface area contributed by atoms with Crippen molar-refractivity contribution in [3.8, 4) is 5.75 Å². The van der Waals surface area contributed by atoms with Crippen molar-refractivity contribution >= 4 is 15.9 Å². The predicted molar refractivity (Wildman–Crippen MR) is 79.0 cm³/mol. The van der Waals surface area contributed by atoms with E-state index in [1.165, 1.54) is 18.4 Å². The van der Waals surface area contributed by atoms with Crippen LogP contribution in [0.2, 0.25) is 0 Å². The molecule has 0 aliphatic carbocycles. The molecule has 2 rings (SSSR count). The largest absolute Gasteiger partial charge is 0.488 e. The molecule has 1 saturated heterocycles. The molecule has 0 radical (unpaired) electrons. The number of benzene rings is 1. The van der Waals surface area contributed by atoms with Gasteiger partial charge in [0.25, 0.3) is 0 Å². The SMILES string of the molecule is C=C(C)COc1ccc(C2(C)CCCN2)cc1Br. The molecule has 0 saturated carbocycles. The highest BCUT2D eigenvalue weighted by Crippen LogP contribution is 2.35. The average Bonchev–Trinajstić information content (AvgIpc) is 2.75. The summed E-state index contributed by atoms with van der Waals surface area (Å²) >= 11 is 3.59. The van der Waals surface area contributed by atoms with Crippen molar-refractivity contribution in [2.24, 2.45) is 0 Å². The first-order chi connectivity index (χ1) is 8.51. The van der Waals surface area contributed by atoms with Gasteiger partial charge in [-0.3, -0.25) is 0 Å². The van der Waals surface area contributed by atoms with Gasteiger partial charge >= 0.3 is 0 Å². The van der Waals surface area contributed by atoms with Crippen molar-refractivity contribution in [1.82, 2.24) is 5.32 Å². The van der Waals surface area contributed by atoms with E-state index in [9.17, 15) is 0 Å². The van der Waals surface area contributed by atoms with E-state index in [0.29, 0.717) is 6.61 Å². The van der Waals surface area contributed by atoms with Crippen molar-refractivity contribution in [3.63, 3.8) is 0 Å². The van der Waals surface area contributed by atoms with E-state index < -0.39 is 0 Å². The van der Waals surface area contributed by atoms with Gasteiger partial charge < -0.3 is 10.1 Å². The summed E-state index contributed by atoms with van der Waals surface area (Å²) in [7, 11) is 0. The fraction of sp³-hybridized carbons (Fsp3) is 0.467. The summed E-state index contributed by atoms with van der Waals surface area (Å²) in [5.41, 5.74) is 2.44. The van der Waals surface area contributed by atoms with Crippen LogP contribution in [0.25, 0.3) is 0 Å². The summed E-state index contributed by atoms with van der Waals surface area (Å²) in [6.07, 6.45) is 2.42. The van der Waals surface area contributed by atoms with Crippen LogP contribution >= 0.6 is 15.9 Å². The molecule has 0 amide bonds. The van der Waals surface area contributed by atoms with Crippen molar-refractivity contribution < 1.29 is 4.74 Å². The molecule has 1 aromatic carbocycles. The fourth-order valence-corrected chi connectivity index (χ4v) is 2.80. The van der Waals surface area contributed by atoms with Gasteiger partial charge in [-0.1, -0.05) is 12.6 Å². The Labute approximate surface area is 118 Å². The Morgan fingerprint density at radius 1 is 1.56 bits per heavy atom. The minimum Gasteiger partial charge on any atom is -0.488 e. The highest BCUT2D eigenvalue weighted by Gasteiger charge is 2.30. The van der Waals surface area contributed by atoms with Crippen LogP contribution in [0.15, 0.2) is 34.8 Å². The monoisotopic (exact) mass is 309 g/mol. The molecule has 0 aromatic heterocycles. The lowest BCUT2D eigenvalue weighted by Crippen LogP contribution is -2.33. The molecular formula is C15H20BrNO. The lowest BCUT2D eigenvalue weighted by atomic mass is 9.91. The summed E-state index contributed by atoms with van der Waals surface area (Å²) in [5, 5.41) is 3.57. The highest BCUT2D eigenvalue weighted by atomic mass is 79.9. The molecule has 98 valence electrons. The molecule has 1 N–H and O–H groups in total. The predicted octanol–water partition coefficient (Wildman–Crippen LogP) is 4.00. The summed E-state index contributed by atoms with van der Waals surface area (Å²) < 4.78 is 6.69. The van der Waals surface area contributed by atoms with Crippen LogP contribution in [0.4, 0.5) is 0 Å². The van der Waals surface area contributed by atoms with E-state index in [4.69, 9.17) is 4.74 Å². The second kappa shape index (κ2) is 5.45. The highest BCUT2D eigenvalue weighted by molar-refractivity contribution is 9.10. The first-order valence-electron chi connectivity index (χ1n) is 6.33. The van der Waals surface area contributed by atoms with Crippen molar-refractivity contribution in [2.45, 2.75) is 32.2 Å². The van der Waals surface area contributed by atoms with Crippen molar-refractivity contribution in [2.75, 3.05) is 13.2 Å². The molecule has 1 aliphatic rings. The van der Waals surface area contributed by atoms with E-state index in [1.54, 1.807) is 0 Å². The minimum absolute atomic E-state index is 0.107. The third-order valence-electron chi connectivity index (χ3n) is 3.41. The molecule has 1 aromatic rings. The average molecular weight is 310 g/mol. The van der Waals surface area contributed by atoms with Gasteiger partial charge in [0.05, 0.1) is 4.47 Å². The van der Waals surface area contributed by atoms with Crippen molar-refractivity contribution in [1.29, 1.82) is 0 Å². The van der Waals surface area contributed by atoms with Crippen LogP contribution in [0, 0.1) is 0 Å². The quantitative estimate of drug-likeness (QED) is 0.849. The van der Waals surface area contributed by atoms with Crippen LogP contribution in [0.1, 0.15) is 32.3 Å².